The molecule has 0 bridgehead atoms. The van der Waals surface area contributed by atoms with Gasteiger partial charge in [0.2, 0.25) is 0 Å². The average Bonchev–Trinajstić information content (AvgIpc) is 3.14. The number of piperidine rings is 1. The lowest BCUT2D eigenvalue weighted by Gasteiger charge is -2.32. The first-order valence-corrected chi connectivity index (χ1v) is 10.8. The summed E-state index contributed by atoms with van der Waals surface area (Å²) in [5, 5.41) is 7.65. The molecule has 1 N–H and O–H groups in total. The zero-order valence-corrected chi connectivity index (χ0v) is 18.0. The van der Waals surface area contributed by atoms with E-state index in [2.05, 4.69) is 40.3 Å². The lowest BCUT2D eigenvalue weighted by atomic mass is 10.0. The van der Waals surface area contributed by atoms with E-state index in [-0.39, 0.29) is 17.8 Å². The summed E-state index contributed by atoms with van der Waals surface area (Å²) in [6, 6.07) is 9.94. The Hall–Kier alpha value is -3.06. The van der Waals surface area contributed by atoms with Gasteiger partial charge in [0.25, 0.3) is 5.91 Å². The highest BCUT2D eigenvalue weighted by Crippen LogP contribution is 2.19. The molecular weight excluding hydrogens is 393 g/mol. The second kappa shape index (κ2) is 9.39. The van der Waals surface area contributed by atoms with Crippen LogP contribution in [-0.2, 0) is 13.1 Å². The maximum Gasteiger partial charge on any atom is 0.253 e. The van der Waals surface area contributed by atoms with Gasteiger partial charge in [0.05, 0.1) is 17.0 Å². The van der Waals surface area contributed by atoms with Crippen LogP contribution in [0.25, 0.3) is 11.3 Å². The van der Waals surface area contributed by atoms with Crippen molar-refractivity contribution < 1.29 is 9.18 Å². The van der Waals surface area contributed by atoms with E-state index in [0.717, 1.165) is 44.7 Å². The van der Waals surface area contributed by atoms with Crippen LogP contribution in [0.15, 0.2) is 48.8 Å². The minimum atomic E-state index is -0.304. The fourth-order valence-electron chi connectivity index (χ4n) is 3.97. The molecule has 1 aromatic carbocycles. The van der Waals surface area contributed by atoms with E-state index < -0.39 is 0 Å². The van der Waals surface area contributed by atoms with Gasteiger partial charge in [-0.2, -0.15) is 5.10 Å². The van der Waals surface area contributed by atoms with E-state index in [9.17, 15) is 9.18 Å². The van der Waals surface area contributed by atoms with Gasteiger partial charge in [-0.1, -0.05) is 12.1 Å². The van der Waals surface area contributed by atoms with Gasteiger partial charge in [0.15, 0.2) is 0 Å². The molecule has 0 saturated carbocycles. The lowest BCUT2D eigenvalue weighted by Crippen LogP contribution is -2.44. The Labute approximate surface area is 182 Å². The van der Waals surface area contributed by atoms with Gasteiger partial charge in [0.1, 0.15) is 5.82 Å². The van der Waals surface area contributed by atoms with E-state index in [0.29, 0.717) is 16.8 Å². The Morgan fingerprint density at radius 3 is 2.68 bits per heavy atom. The molecule has 1 aliphatic rings. The number of hydrogen-bond donors (Lipinski definition) is 1. The van der Waals surface area contributed by atoms with Crippen LogP contribution >= 0.6 is 0 Å². The molecule has 2 aromatic heterocycles. The first-order chi connectivity index (χ1) is 15.0. The second-order valence-electron chi connectivity index (χ2n) is 8.06. The Balaban J connectivity index is 1.29. The third kappa shape index (κ3) is 5.17. The number of likely N-dealkylation sites (tertiary alicyclic amines) is 1. The number of aryl methyl sites for hydroxylation is 2. The van der Waals surface area contributed by atoms with Crippen molar-refractivity contribution in [1.29, 1.82) is 0 Å². The third-order valence-corrected chi connectivity index (χ3v) is 5.83. The van der Waals surface area contributed by atoms with Crippen LogP contribution in [0.5, 0.6) is 0 Å². The number of nitrogens with zero attached hydrogens (tertiary/aromatic N) is 4. The summed E-state index contributed by atoms with van der Waals surface area (Å²) in [6.07, 6.45) is 5.52. The Bertz CT molecular complexity index is 1040. The maximum absolute atomic E-state index is 13.4. The first-order valence-electron chi connectivity index (χ1n) is 10.8. The summed E-state index contributed by atoms with van der Waals surface area (Å²) in [7, 11) is 0. The van der Waals surface area contributed by atoms with Gasteiger partial charge in [-0.25, -0.2) is 4.39 Å². The molecule has 0 spiro atoms. The summed E-state index contributed by atoms with van der Waals surface area (Å²) in [5.41, 5.74) is 4.22. The number of rotatable bonds is 6. The third-order valence-electron chi connectivity index (χ3n) is 5.83. The lowest BCUT2D eigenvalue weighted by molar-refractivity contribution is 0.0908. The van der Waals surface area contributed by atoms with Crippen molar-refractivity contribution in [3.8, 4) is 11.3 Å². The molecule has 0 unspecified atom stereocenters. The highest BCUT2D eigenvalue weighted by Gasteiger charge is 2.22. The monoisotopic (exact) mass is 421 g/mol. The van der Waals surface area contributed by atoms with Crippen LogP contribution in [0.4, 0.5) is 4.39 Å². The topological polar surface area (TPSA) is 63.0 Å². The van der Waals surface area contributed by atoms with E-state index >= 15 is 0 Å². The Morgan fingerprint density at radius 2 is 2.03 bits per heavy atom. The number of benzene rings is 1. The molecule has 1 saturated heterocycles. The van der Waals surface area contributed by atoms with Crippen molar-refractivity contribution in [1.82, 2.24) is 25.0 Å². The van der Waals surface area contributed by atoms with Crippen molar-refractivity contribution in [3.63, 3.8) is 0 Å². The Kier molecular flexibility index (Phi) is 6.42. The molecule has 0 atom stereocenters. The van der Waals surface area contributed by atoms with E-state index in [1.54, 1.807) is 30.5 Å². The van der Waals surface area contributed by atoms with Crippen LogP contribution in [0.3, 0.4) is 0 Å². The molecule has 1 amide bonds. The molecule has 0 aliphatic carbocycles. The van der Waals surface area contributed by atoms with Gasteiger partial charge in [-0.15, -0.1) is 0 Å². The minimum Gasteiger partial charge on any atom is -0.349 e. The van der Waals surface area contributed by atoms with Gasteiger partial charge in [0, 0.05) is 55.7 Å². The fourth-order valence-corrected chi connectivity index (χ4v) is 3.97. The van der Waals surface area contributed by atoms with Crippen molar-refractivity contribution in [2.45, 2.75) is 45.8 Å². The van der Waals surface area contributed by atoms with E-state index in [1.807, 2.05) is 4.68 Å². The minimum absolute atomic E-state index is 0.114. The van der Waals surface area contributed by atoms with Crippen LogP contribution in [0.2, 0.25) is 0 Å². The molecule has 4 rings (SSSR count). The van der Waals surface area contributed by atoms with Crippen LogP contribution in [0.1, 0.15) is 41.4 Å². The zero-order chi connectivity index (χ0) is 21.8. The fraction of sp³-hybridized carbons (Fsp3) is 0.375. The molecule has 3 heterocycles. The number of halogens is 1. The number of aromatic nitrogens is 3. The van der Waals surface area contributed by atoms with Gasteiger partial charge >= 0.3 is 0 Å². The molecule has 162 valence electrons. The van der Waals surface area contributed by atoms with Gasteiger partial charge < -0.3 is 5.32 Å². The van der Waals surface area contributed by atoms with Crippen LogP contribution < -0.4 is 5.32 Å². The number of hydrogen-bond acceptors (Lipinski definition) is 4. The van der Waals surface area contributed by atoms with Crippen LogP contribution in [-0.4, -0.2) is 44.7 Å². The normalized spacial score (nSPS) is 15.2. The van der Waals surface area contributed by atoms with E-state index in [1.165, 1.54) is 17.7 Å². The SMILES string of the molecule is CCn1cc(CN2CCC(NC(=O)c3ccc(-c4cccc(F)c4)nc3)CC2)c(C)n1. The highest BCUT2D eigenvalue weighted by atomic mass is 19.1. The average molecular weight is 422 g/mol. The molecule has 6 nitrogen and oxygen atoms in total. The van der Waals surface area contributed by atoms with Crippen LogP contribution in [0, 0.1) is 12.7 Å². The molecule has 31 heavy (non-hydrogen) atoms. The molecule has 3 aromatic rings. The van der Waals surface area contributed by atoms with Gasteiger partial charge in [-0.3, -0.25) is 19.4 Å². The largest absolute Gasteiger partial charge is 0.349 e. The summed E-state index contributed by atoms with van der Waals surface area (Å²) in [5.74, 6) is -0.418. The molecule has 7 heteroatoms. The van der Waals surface area contributed by atoms with Crippen molar-refractivity contribution in [2.75, 3.05) is 13.1 Å². The standard InChI is InChI=1S/C24H28FN5O/c1-3-30-16-20(17(2)28-30)15-29-11-9-22(10-12-29)27-24(31)19-7-8-23(26-14-19)18-5-4-6-21(25)13-18/h4-8,13-14,16,22H,3,9-12,15H2,1-2H3,(H,27,31). The summed E-state index contributed by atoms with van der Waals surface area (Å²) in [6.45, 7) is 7.82. The summed E-state index contributed by atoms with van der Waals surface area (Å²) in [4.78, 5) is 19.4. The summed E-state index contributed by atoms with van der Waals surface area (Å²) >= 11 is 0. The molecular formula is C24H28FN5O. The van der Waals surface area contributed by atoms with Crippen molar-refractivity contribution >= 4 is 5.91 Å². The molecule has 0 radical (unpaired) electrons. The zero-order valence-electron chi connectivity index (χ0n) is 18.0. The predicted molar refractivity (Wildman–Crippen MR) is 118 cm³/mol. The maximum atomic E-state index is 13.4. The number of carbonyl (C=O) groups excluding carboxylic acids is 1. The summed E-state index contributed by atoms with van der Waals surface area (Å²) < 4.78 is 15.4. The smallest absolute Gasteiger partial charge is 0.253 e. The first kappa shape index (κ1) is 21.2. The molecule has 1 fully saturated rings. The Morgan fingerprint density at radius 1 is 1.23 bits per heavy atom. The number of amides is 1. The number of nitrogens with one attached hydrogen (secondary N) is 1. The predicted octanol–water partition coefficient (Wildman–Crippen LogP) is 3.81. The quantitative estimate of drug-likeness (QED) is 0.658. The number of carbonyl (C=O) groups is 1. The highest BCUT2D eigenvalue weighted by molar-refractivity contribution is 5.94. The second-order valence-corrected chi connectivity index (χ2v) is 8.06. The van der Waals surface area contributed by atoms with Gasteiger partial charge in [-0.05, 0) is 51.0 Å². The number of pyridine rings is 1. The van der Waals surface area contributed by atoms with Crippen molar-refractivity contribution in [3.05, 3.63) is 71.4 Å². The van der Waals surface area contributed by atoms with Crippen molar-refractivity contribution in [2.24, 2.45) is 0 Å². The molecule has 1 aliphatic heterocycles. The van der Waals surface area contributed by atoms with E-state index in [4.69, 9.17) is 0 Å².